The Hall–Kier alpha value is -2.97. The zero-order valence-corrected chi connectivity index (χ0v) is 13.0. The molecule has 0 spiro atoms. The molecule has 0 fully saturated rings. The topological polar surface area (TPSA) is 112 Å². The van der Waals surface area contributed by atoms with Crippen molar-refractivity contribution in [2.24, 2.45) is 0 Å². The number of anilines is 1. The molecule has 0 saturated heterocycles. The highest BCUT2D eigenvalue weighted by atomic mass is 16.6. The summed E-state index contributed by atoms with van der Waals surface area (Å²) in [6, 6.07) is 2.94. The lowest BCUT2D eigenvalue weighted by Crippen LogP contribution is -2.35. The van der Waals surface area contributed by atoms with E-state index in [9.17, 15) is 14.9 Å². The summed E-state index contributed by atoms with van der Waals surface area (Å²) in [6.45, 7) is 4.23. The summed E-state index contributed by atoms with van der Waals surface area (Å²) in [5, 5.41) is 18.3. The molecule has 0 aliphatic heterocycles. The van der Waals surface area contributed by atoms with E-state index in [0.29, 0.717) is 6.54 Å². The van der Waals surface area contributed by atoms with Gasteiger partial charge in [-0.25, -0.2) is 9.78 Å². The largest absolute Gasteiger partial charge is 0.465 e. The molecule has 0 aromatic carbocycles. The quantitative estimate of drug-likeness (QED) is 0.491. The average Bonchev–Trinajstić information content (AvgIpc) is 3.07. The molecule has 0 atom stereocenters. The van der Waals surface area contributed by atoms with Crippen LogP contribution in [0.1, 0.15) is 24.2 Å². The van der Waals surface area contributed by atoms with Crippen molar-refractivity contribution in [3.63, 3.8) is 0 Å². The number of pyridine rings is 1. The van der Waals surface area contributed by atoms with E-state index in [1.807, 2.05) is 20.0 Å². The Labute approximate surface area is 132 Å². The minimum Gasteiger partial charge on any atom is -0.465 e. The predicted molar refractivity (Wildman–Crippen MR) is 82.3 cm³/mol. The monoisotopic (exact) mass is 319 g/mol. The Kier molecular flexibility index (Phi) is 4.58. The zero-order chi connectivity index (χ0) is 17.0. The summed E-state index contributed by atoms with van der Waals surface area (Å²) in [4.78, 5) is 26.0. The number of methoxy groups -OCH3 is 1. The Balaban J connectivity index is 2.22. The third-order valence-corrected chi connectivity index (χ3v) is 3.30. The molecule has 0 bridgehead atoms. The number of esters is 1. The smallest absolute Gasteiger partial charge is 0.339 e. The fourth-order valence-electron chi connectivity index (χ4n) is 1.97. The number of hydrogen-bond donors (Lipinski definition) is 1. The van der Waals surface area contributed by atoms with Gasteiger partial charge < -0.3 is 10.1 Å². The van der Waals surface area contributed by atoms with Gasteiger partial charge in [-0.1, -0.05) is 0 Å². The summed E-state index contributed by atoms with van der Waals surface area (Å²) in [7, 11) is 1.20. The van der Waals surface area contributed by atoms with E-state index in [2.05, 4.69) is 20.1 Å². The van der Waals surface area contributed by atoms with E-state index >= 15 is 0 Å². The maximum Gasteiger partial charge on any atom is 0.339 e. The molecular formula is C14H17N5O4. The van der Waals surface area contributed by atoms with E-state index in [4.69, 9.17) is 0 Å². The minimum atomic E-state index is -0.677. The van der Waals surface area contributed by atoms with Crippen molar-refractivity contribution < 1.29 is 14.5 Å². The number of rotatable bonds is 6. The van der Waals surface area contributed by atoms with E-state index < -0.39 is 16.4 Å². The van der Waals surface area contributed by atoms with Crippen LogP contribution < -0.4 is 5.32 Å². The number of nitro groups is 1. The van der Waals surface area contributed by atoms with Crippen LogP contribution in [-0.2, 0) is 10.3 Å². The van der Waals surface area contributed by atoms with Crippen molar-refractivity contribution in [2.75, 3.05) is 19.0 Å². The highest BCUT2D eigenvalue weighted by Gasteiger charge is 2.24. The maximum absolute atomic E-state index is 11.5. The van der Waals surface area contributed by atoms with Gasteiger partial charge in [0.2, 0.25) is 5.82 Å². The number of hydrogen-bond acceptors (Lipinski definition) is 7. The summed E-state index contributed by atoms with van der Waals surface area (Å²) in [6.07, 6.45) is 4.71. The zero-order valence-electron chi connectivity index (χ0n) is 13.0. The van der Waals surface area contributed by atoms with Gasteiger partial charge in [0.15, 0.2) is 0 Å². The van der Waals surface area contributed by atoms with Crippen molar-refractivity contribution in [2.45, 2.75) is 19.4 Å². The summed E-state index contributed by atoms with van der Waals surface area (Å²) < 4.78 is 6.29. The van der Waals surface area contributed by atoms with Gasteiger partial charge in [-0.2, -0.15) is 5.10 Å². The first-order chi connectivity index (χ1) is 10.8. The second-order valence-corrected chi connectivity index (χ2v) is 5.46. The Bertz CT molecular complexity index is 712. The number of ether oxygens (including phenoxy) is 1. The molecule has 0 saturated carbocycles. The summed E-state index contributed by atoms with van der Waals surface area (Å²) in [5.41, 5.74) is -0.680. The van der Waals surface area contributed by atoms with Crippen LogP contribution in [0, 0.1) is 10.1 Å². The molecule has 2 heterocycles. The van der Waals surface area contributed by atoms with Gasteiger partial charge in [0.1, 0.15) is 0 Å². The molecular weight excluding hydrogens is 302 g/mol. The number of nitrogens with zero attached hydrogens (tertiary/aromatic N) is 4. The molecule has 23 heavy (non-hydrogen) atoms. The highest BCUT2D eigenvalue weighted by Crippen LogP contribution is 2.24. The lowest BCUT2D eigenvalue weighted by atomic mass is 10.1. The van der Waals surface area contributed by atoms with E-state index in [-0.39, 0.29) is 17.1 Å². The minimum absolute atomic E-state index is 0.0242. The molecule has 0 aliphatic carbocycles. The highest BCUT2D eigenvalue weighted by molar-refractivity contribution is 5.90. The first-order valence-electron chi connectivity index (χ1n) is 6.82. The fourth-order valence-corrected chi connectivity index (χ4v) is 1.97. The van der Waals surface area contributed by atoms with Gasteiger partial charge >= 0.3 is 11.7 Å². The molecule has 0 aliphatic rings. The van der Waals surface area contributed by atoms with Crippen LogP contribution in [0.5, 0.6) is 0 Å². The van der Waals surface area contributed by atoms with Gasteiger partial charge in [0.05, 0.1) is 23.1 Å². The fraction of sp³-hybridized carbons (Fsp3) is 0.357. The third kappa shape index (κ3) is 3.62. The van der Waals surface area contributed by atoms with Crippen molar-refractivity contribution in [3.05, 3.63) is 46.4 Å². The Morgan fingerprint density at radius 3 is 2.83 bits per heavy atom. The average molecular weight is 319 g/mol. The van der Waals surface area contributed by atoms with Crippen LogP contribution in [-0.4, -0.2) is 39.3 Å². The van der Waals surface area contributed by atoms with Crippen molar-refractivity contribution in [1.82, 2.24) is 14.8 Å². The van der Waals surface area contributed by atoms with Crippen molar-refractivity contribution in [1.29, 1.82) is 0 Å². The van der Waals surface area contributed by atoms with Crippen LogP contribution in [0.2, 0.25) is 0 Å². The number of aromatic nitrogens is 3. The lowest BCUT2D eigenvalue weighted by Gasteiger charge is -2.25. The SMILES string of the molecule is COC(=O)c1cnc(NCC(C)(C)n2cccn2)c([N+](=O)[O-])c1. The molecule has 2 rings (SSSR count). The van der Waals surface area contributed by atoms with Crippen LogP contribution in [0.3, 0.4) is 0 Å². The van der Waals surface area contributed by atoms with Crippen molar-refractivity contribution in [3.8, 4) is 0 Å². The molecule has 0 unspecified atom stereocenters. The lowest BCUT2D eigenvalue weighted by molar-refractivity contribution is -0.384. The Morgan fingerprint density at radius 1 is 1.52 bits per heavy atom. The van der Waals surface area contributed by atoms with Gasteiger partial charge in [-0.3, -0.25) is 14.8 Å². The van der Waals surface area contributed by atoms with Crippen LogP contribution >= 0.6 is 0 Å². The molecule has 0 amide bonds. The normalized spacial score (nSPS) is 11.1. The summed E-state index contributed by atoms with van der Waals surface area (Å²) >= 11 is 0. The molecule has 122 valence electrons. The molecule has 0 radical (unpaired) electrons. The second kappa shape index (κ2) is 6.42. The molecule has 9 nitrogen and oxygen atoms in total. The molecule has 2 aromatic rings. The van der Waals surface area contributed by atoms with E-state index in [1.54, 1.807) is 16.9 Å². The predicted octanol–water partition coefficient (Wildman–Crippen LogP) is 1.82. The van der Waals surface area contributed by atoms with E-state index in [0.717, 1.165) is 6.07 Å². The van der Waals surface area contributed by atoms with Crippen molar-refractivity contribution >= 4 is 17.5 Å². The Morgan fingerprint density at radius 2 is 2.26 bits per heavy atom. The van der Waals surface area contributed by atoms with Gasteiger partial charge in [0, 0.05) is 31.2 Å². The molecule has 9 heteroatoms. The third-order valence-electron chi connectivity index (χ3n) is 3.30. The first-order valence-corrected chi connectivity index (χ1v) is 6.82. The summed E-state index contributed by atoms with van der Waals surface area (Å²) in [5.74, 6) is -0.591. The maximum atomic E-state index is 11.5. The van der Waals surface area contributed by atoms with Crippen LogP contribution in [0.25, 0.3) is 0 Å². The second-order valence-electron chi connectivity index (χ2n) is 5.46. The molecule has 1 N–H and O–H groups in total. The number of carbonyl (C=O) groups is 1. The van der Waals surface area contributed by atoms with Gasteiger partial charge in [-0.05, 0) is 19.9 Å². The number of carbonyl (C=O) groups excluding carboxylic acids is 1. The van der Waals surface area contributed by atoms with Gasteiger partial charge in [0.25, 0.3) is 0 Å². The first kappa shape index (κ1) is 16.4. The van der Waals surface area contributed by atoms with Crippen LogP contribution in [0.4, 0.5) is 11.5 Å². The van der Waals surface area contributed by atoms with Gasteiger partial charge in [-0.15, -0.1) is 0 Å². The molecule has 2 aromatic heterocycles. The van der Waals surface area contributed by atoms with E-state index in [1.165, 1.54) is 13.3 Å². The number of nitrogens with one attached hydrogen (secondary N) is 1. The standard InChI is InChI=1S/C14H17N5O4/c1-14(2,18-6-4-5-17-18)9-16-12-11(19(21)22)7-10(8-15-12)13(20)23-3/h4-8H,9H2,1-3H3,(H,15,16). The van der Waals surface area contributed by atoms with Crippen LogP contribution in [0.15, 0.2) is 30.7 Å².